The molecular weight excluding hydrogens is 391 g/mol. The number of alkyl halides is 1. The summed E-state index contributed by atoms with van der Waals surface area (Å²) in [6.07, 6.45) is 1.99. The molecule has 1 saturated heterocycles. The molecule has 7 nitrogen and oxygen atoms in total. The fraction of sp³-hybridized carbons (Fsp3) is 0.471. The van der Waals surface area contributed by atoms with Gasteiger partial charge >= 0.3 is 6.03 Å². The van der Waals surface area contributed by atoms with Gasteiger partial charge in [-0.25, -0.2) is 17.6 Å². The van der Waals surface area contributed by atoms with Gasteiger partial charge in [0.05, 0.1) is 11.1 Å². The molecule has 0 saturated carbocycles. The van der Waals surface area contributed by atoms with Crippen molar-refractivity contribution < 1.29 is 17.6 Å². The number of urea groups is 1. The maximum atomic E-state index is 15.5. The SMILES string of the molecule is Cc1cccc(S(=O)(=O)C(C)(F)C2CCN(C(=O)Nc3cnns3)CC2)c1. The Morgan fingerprint density at radius 3 is 2.67 bits per heavy atom. The van der Waals surface area contributed by atoms with E-state index in [4.69, 9.17) is 0 Å². The molecule has 0 aliphatic carbocycles. The first-order valence-corrected chi connectivity index (χ1v) is 10.8. The van der Waals surface area contributed by atoms with Crippen LogP contribution in [0.3, 0.4) is 0 Å². The maximum absolute atomic E-state index is 15.5. The molecule has 3 rings (SSSR count). The van der Waals surface area contributed by atoms with Gasteiger partial charge in [0.1, 0.15) is 5.00 Å². The smallest absolute Gasteiger partial charge is 0.322 e. The average molecular weight is 413 g/mol. The van der Waals surface area contributed by atoms with Gasteiger partial charge in [0.15, 0.2) is 0 Å². The molecule has 1 aliphatic heterocycles. The number of anilines is 1. The van der Waals surface area contributed by atoms with Gasteiger partial charge in [-0.1, -0.05) is 16.6 Å². The molecule has 0 radical (unpaired) electrons. The average Bonchev–Trinajstić information content (AvgIpc) is 3.14. The normalized spacial score (nSPS) is 18.1. The fourth-order valence-corrected chi connectivity index (χ4v) is 5.38. The van der Waals surface area contributed by atoms with Crippen molar-refractivity contribution in [2.75, 3.05) is 18.4 Å². The monoisotopic (exact) mass is 412 g/mol. The van der Waals surface area contributed by atoms with E-state index in [2.05, 4.69) is 14.9 Å². The first-order chi connectivity index (χ1) is 12.7. The van der Waals surface area contributed by atoms with Gasteiger partial charge in [-0.15, -0.1) is 5.10 Å². The van der Waals surface area contributed by atoms with Crippen molar-refractivity contribution in [1.82, 2.24) is 14.5 Å². The van der Waals surface area contributed by atoms with Crippen LogP contribution in [-0.2, 0) is 9.84 Å². The third-order valence-electron chi connectivity index (χ3n) is 4.93. The van der Waals surface area contributed by atoms with Crippen molar-refractivity contribution in [2.45, 2.75) is 36.6 Å². The third-order valence-corrected chi connectivity index (χ3v) is 7.77. The predicted molar refractivity (Wildman–Crippen MR) is 101 cm³/mol. The van der Waals surface area contributed by atoms with E-state index in [1.807, 2.05) is 0 Å². The lowest BCUT2D eigenvalue weighted by Gasteiger charge is -2.37. The summed E-state index contributed by atoms with van der Waals surface area (Å²) in [5, 5.41) is 4.45. The van der Waals surface area contributed by atoms with E-state index in [9.17, 15) is 13.2 Å². The highest BCUT2D eigenvalue weighted by Crippen LogP contribution is 2.39. The van der Waals surface area contributed by atoms with E-state index in [0.29, 0.717) is 5.00 Å². The lowest BCUT2D eigenvalue weighted by atomic mass is 9.92. The molecule has 1 fully saturated rings. The molecular formula is C17H21FN4O3S2. The van der Waals surface area contributed by atoms with Gasteiger partial charge in [0.25, 0.3) is 0 Å². The Morgan fingerprint density at radius 2 is 2.07 bits per heavy atom. The van der Waals surface area contributed by atoms with E-state index in [-0.39, 0.29) is 36.9 Å². The molecule has 27 heavy (non-hydrogen) atoms. The fourth-order valence-electron chi connectivity index (χ4n) is 3.24. The molecule has 1 N–H and O–H groups in total. The highest BCUT2D eigenvalue weighted by atomic mass is 32.2. The van der Waals surface area contributed by atoms with Crippen molar-refractivity contribution in [3.05, 3.63) is 36.0 Å². The number of hydrogen-bond acceptors (Lipinski definition) is 6. The number of sulfone groups is 1. The quantitative estimate of drug-likeness (QED) is 0.832. The van der Waals surface area contributed by atoms with Crippen LogP contribution in [0.1, 0.15) is 25.3 Å². The van der Waals surface area contributed by atoms with Crippen LogP contribution in [0, 0.1) is 12.8 Å². The number of hydrogen-bond donors (Lipinski definition) is 1. The number of benzene rings is 1. The van der Waals surface area contributed by atoms with Crippen molar-refractivity contribution in [2.24, 2.45) is 5.92 Å². The summed E-state index contributed by atoms with van der Waals surface area (Å²) >= 11 is 1.06. The summed E-state index contributed by atoms with van der Waals surface area (Å²) in [6.45, 7) is 3.47. The second-order valence-corrected chi connectivity index (χ2v) is 9.84. The number of likely N-dealkylation sites (tertiary alicyclic amines) is 1. The van der Waals surface area contributed by atoms with E-state index < -0.39 is 20.8 Å². The molecule has 146 valence electrons. The number of halogens is 1. The Hall–Kier alpha value is -2.07. The number of nitrogens with zero attached hydrogens (tertiary/aromatic N) is 3. The molecule has 1 aromatic carbocycles. The van der Waals surface area contributed by atoms with Gasteiger partial charge in [0.2, 0.25) is 14.8 Å². The molecule has 0 bridgehead atoms. The van der Waals surface area contributed by atoms with Crippen LogP contribution >= 0.6 is 11.5 Å². The molecule has 1 aromatic heterocycles. The van der Waals surface area contributed by atoms with Gasteiger partial charge < -0.3 is 4.90 Å². The van der Waals surface area contributed by atoms with Crippen molar-refractivity contribution in [3.8, 4) is 0 Å². The van der Waals surface area contributed by atoms with Crippen LogP contribution in [0.25, 0.3) is 0 Å². The van der Waals surface area contributed by atoms with Crippen LogP contribution in [-0.4, -0.2) is 47.0 Å². The van der Waals surface area contributed by atoms with Gasteiger partial charge in [-0.2, -0.15) is 0 Å². The predicted octanol–water partition coefficient (Wildman–Crippen LogP) is 3.25. The Balaban J connectivity index is 1.68. The van der Waals surface area contributed by atoms with Crippen LogP contribution in [0.15, 0.2) is 35.4 Å². The number of amides is 2. The summed E-state index contributed by atoms with van der Waals surface area (Å²) in [7, 11) is -4.14. The minimum absolute atomic E-state index is 0.00892. The van der Waals surface area contributed by atoms with Crippen LogP contribution in [0.5, 0.6) is 0 Å². The van der Waals surface area contributed by atoms with Crippen LogP contribution < -0.4 is 5.32 Å². The molecule has 1 atom stereocenters. The number of rotatable bonds is 4. The number of nitrogens with one attached hydrogen (secondary N) is 1. The Bertz CT molecular complexity index is 908. The van der Waals surface area contributed by atoms with Gasteiger partial charge in [-0.05, 0) is 44.4 Å². The topological polar surface area (TPSA) is 92.3 Å². The molecule has 0 spiro atoms. The second kappa shape index (κ2) is 7.51. The van der Waals surface area contributed by atoms with Crippen molar-refractivity contribution >= 4 is 32.4 Å². The van der Waals surface area contributed by atoms with E-state index >= 15 is 4.39 Å². The molecule has 10 heteroatoms. The van der Waals surface area contributed by atoms with Crippen molar-refractivity contribution in [3.63, 3.8) is 0 Å². The summed E-state index contributed by atoms with van der Waals surface area (Å²) < 4.78 is 44.9. The van der Waals surface area contributed by atoms with E-state index in [1.54, 1.807) is 24.0 Å². The zero-order valence-corrected chi connectivity index (χ0v) is 16.7. The Kier molecular flexibility index (Phi) is 5.48. The molecule has 1 unspecified atom stereocenters. The first-order valence-electron chi connectivity index (χ1n) is 8.55. The minimum atomic E-state index is -4.14. The molecule has 1 aliphatic rings. The highest BCUT2D eigenvalue weighted by Gasteiger charge is 2.48. The molecule has 2 aromatic rings. The van der Waals surface area contributed by atoms with Gasteiger partial charge in [0, 0.05) is 30.5 Å². The lowest BCUT2D eigenvalue weighted by Crippen LogP contribution is -2.47. The zero-order chi connectivity index (χ0) is 19.7. The number of aromatic nitrogens is 2. The number of piperidine rings is 1. The Labute approximate surface area is 161 Å². The largest absolute Gasteiger partial charge is 0.324 e. The standard InChI is InChI=1S/C17H21FN4O3S2/c1-12-4-3-5-14(10-12)27(24,25)17(2,18)13-6-8-22(9-7-13)16(23)20-15-11-19-21-26-15/h3-5,10-11,13H,6-9H2,1-2H3,(H,20,23). The third kappa shape index (κ3) is 3.96. The minimum Gasteiger partial charge on any atom is -0.324 e. The summed E-state index contributed by atoms with van der Waals surface area (Å²) in [5.41, 5.74) is 0.760. The second-order valence-electron chi connectivity index (χ2n) is 6.78. The first kappa shape index (κ1) is 19.7. The van der Waals surface area contributed by atoms with E-state index in [1.165, 1.54) is 18.3 Å². The molecule has 2 heterocycles. The highest BCUT2D eigenvalue weighted by molar-refractivity contribution is 7.92. The van der Waals surface area contributed by atoms with E-state index in [0.717, 1.165) is 24.0 Å². The summed E-state index contributed by atoms with van der Waals surface area (Å²) in [5.74, 6) is -0.683. The zero-order valence-electron chi connectivity index (χ0n) is 15.1. The summed E-state index contributed by atoms with van der Waals surface area (Å²) in [6, 6.07) is 5.97. The Morgan fingerprint density at radius 1 is 1.37 bits per heavy atom. The van der Waals surface area contributed by atoms with Crippen molar-refractivity contribution in [1.29, 1.82) is 0 Å². The number of carbonyl (C=O) groups is 1. The number of aryl methyl sites for hydroxylation is 1. The number of carbonyl (C=O) groups excluding carboxylic acids is 1. The maximum Gasteiger partial charge on any atom is 0.322 e. The summed E-state index contributed by atoms with van der Waals surface area (Å²) in [4.78, 5) is 13.8. The molecule has 2 amide bonds. The van der Waals surface area contributed by atoms with Crippen LogP contribution in [0.4, 0.5) is 14.2 Å². The van der Waals surface area contributed by atoms with Gasteiger partial charge in [-0.3, -0.25) is 5.32 Å². The lowest BCUT2D eigenvalue weighted by molar-refractivity contribution is 0.117. The van der Waals surface area contributed by atoms with Crippen LogP contribution in [0.2, 0.25) is 0 Å².